The molecule has 27 heavy (non-hydrogen) atoms. The first kappa shape index (κ1) is 18.5. The van der Waals surface area contributed by atoms with E-state index in [1.165, 1.54) is 31.2 Å². The average molecular weight is 365 g/mol. The highest BCUT2D eigenvalue weighted by atomic mass is 16.5. The fourth-order valence-electron chi connectivity index (χ4n) is 2.44. The van der Waals surface area contributed by atoms with E-state index in [0.29, 0.717) is 5.56 Å². The summed E-state index contributed by atoms with van der Waals surface area (Å²) < 4.78 is 5.14. The minimum absolute atomic E-state index is 0.180. The molecule has 0 spiro atoms. The summed E-state index contributed by atoms with van der Waals surface area (Å²) in [5.41, 5.74) is 0.686. The molecule has 1 aliphatic rings. The molecule has 1 atom stereocenters. The Bertz CT molecular complexity index is 869. The van der Waals surface area contributed by atoms with Crippen LogP contribution in [0.25, 0.3) is 0 Å². The Morgan fingerprint density at radius 1 is 0.852 bits per heavy atom. The van der Waals surface area contributed by atoms with E-state index in [1.54, 1.807) is 30.3 Å². The van der Waals surface area contributed by atoms with Gasteiger partial charge in [0.15, 0.2) is 6.10 Å². The van der Waals surface area contributed by atoms with E-state index in [9.17, 15) is 19.2 Å². The molecule has 6 nitrogen and oxygen atoms in total. The Labute approximate surface area is 156 Å². The van der Waals surface area contributed by atoms with Crippen molar-refractivity contribution in [2.24, 2.45) is 0 Å². The van der Waals surface area contributed by atoms with Gasteiger partial charge in [0, 0.05) is 17.2 Å². The predicted octanol–water partition coefficient (Wildman–Crippen LogP) is 2.58. The van der Waals surface area contributed by atoms with Gasteiger partial charge in [-0.1, -0.05) is 42.5 Å². The minimum atomic E-state index is -0.904. The Kier molecular flexibility index (Phi) is 5.45. The van der Waals surface area contributed by atoms with Crippen molar-refractivity contribution in [1.82, 2.24) is 5.32 Å². The van der Waals surface area contributed by atoms with Gasteiger partial charge in [0.1, 0.15) is 0 Å². The molecular weight excluding hydrogens is 346 g/mol. The van der Waals surface area contributed by atoms with Crippen molar-refractivity contribution in [3.05, 3.63) is 71.3 Å². The number of esters is 1. The lowest BCUT2D eigenvalue weighted by Crippen LogP contribution is -2.37. The van der Waals surface area contributed by atoms with E-state index in [1.807, 2.05) is 0 Å². The summed E-state index contributed by atoms with van der Waals surface area (Å²) in [6, 6.07) is 14.0. The molecule has 1 amide bonds. The highest BCUT2D eigenvalue weighted by Gasteiger charge is 2.27. The second kappa shape index (κ2) is 7.95. The lowest BCUT2D eigenvalue weighted by atomic mass is 10.0. The zero-order chi connectivity index (χ0) is 19.4. The van der Waals surface area contributed by atoms with Gasteiger partial charge >= 0.3 is 5.97 Å². The van der Waals surface area contributed by atoms with Crippen LogP contribution in [0.4, 0.5) is 0 Å². The van der Waals surface area contributed by atoms with Crippen LogP contribution in [-0.2, 0) is 9.53 Å². The van der Waals surface area contributed by atoms with Gasteiger partial charge in [-0.2, -0.15) is 0 Å². The van der Waals surface area contributed by atoms with E-state index in [4.69, 9.17) is 4.74 Å². The maximum absolute atomic E-state index is 12.3. The molecule has 0 aromatic heterocycles. The van der Waals surface area contributed by atoms with Crippen LogP contribution in [0, 0.1) is 0 Å². The SMILES string of the molecule is C[C@H](OC(=O)c1ccc(C(=O)C(=O)c2ccccc2)cc1)C(=O)NC1CC1. The number of hydrogen-bond acceptors (Lipinski definition) is 5. The van der Waals surface area contributed by atoms with Gasteiger partial charge in [-0.25, -0.2) is 4.79 Å². The lowest BCUT2D eigenvalue weighted by Gasteiger charge is -2.13. The normalized spacial score (nSPS) is 14.1. The quantitative estimate of drug-likeness (QED) is 0.463. The molecule has 1 N–H and O–H groups in total. The van der Waals surface area contributed by atoms with E-state index in [2.05, 4.69) is 5.32 Å². The van der Waals surface area contributed by atoms with Crippen LogP contribution in [0.3, 0.4) is 0 Å². The molecule has 0 saturated heterocycles. The van der Waals surface area contributed by atoms with E-state index in [0.717, 1.165) is 12.8 Å². The molecule has 0 aliphatic heterocycles. The fraction of sp³-hybridized carbons (Fsp3) is 0.238. The molecule has 138 valence electrons. The molecule has 2 aromatic rings. The summed E-state index contributed by atoms with van der Waals surface area (Å²) in [4.78, 5) is 48.5. The highest BCUT2D eigenvalue weighted by Crippen LogP contribution is 2.19. The number of carbonyl (C=O) groups excluding carboxylic acids is 4. The van der Waals surface area contributed by atoms with Crippen LogP contribution in [0.2, 0.25) is 0 Å². The van der Waals surface area contributed by atoms with Crippen LogP contribution in [0.1, 0.15) is 50.8 Å². The number of hydrogen-bond donors (Lipinski definition) is 1. The van der Waals surface area contributed by atoms with Crippen molar-refractivity contribution in [2.75, 3.05) is 0 Å². The van der Waals surface area contributed by atoms with Gasteiger partial charge in [-0.3, -0.25) is 14.4 Å². The number of ether oxygens (including phenoxy) is 1. The molecule has 0 unspecified atom stereocenters. The number of carbonyl (C=O) groups is 4. The van der Waals surface area contributed by atoms with E-state index in [-0.39, 0.29) is 23.1 Å². The summed E-state index contributed by atoms with van der Waals surface area (Å²) in [7, 11) is 0. The molecule has 2 aromatic carbocycles. The number of ketones is 2. The number of nitrogens with one attached hydrogen (secondary N) is 1. The maximum Gasteiger partial charge on any atom is 0.338 e. The van der Waals surface area contributed by atoms with E-state index >= 15 is 0 Å². The fourth-order valence-corrected chi connectivity index (χ4v) is 2.44. The van der Waals surface area contributed by atoms with Crippen molar-refractivity contribution < 1.29 is 23.9 Å². The van der Waals surface area contributed by atoms with E-state index < -0.39 is 23.6 Å². The maximum atomic E-state index is 12.3. The van der Waals surface area contributed by atoms with Gasteiger partial charge in [0.25, 0.3) is 5.91 Å². The van der Waals surface area contributed by atoms with Crippen molar-refractivity contribution in [3.63, 3.8) is 0 Å². The minimum Gasteiger partial charge on any atom is -0.449 e. The number of rotatable bonds is 7. The van der Waals surface area contributed by atoms with Gasteiger partial charge in [-0.05, 0) is 31.9 Å². The Morgan fingerprint density at radius 2 is 1.37 bits per heavy atom. The molecule has 1 fully saturated rings. The van der Waals surface area contributed by atoms with Crippen molar-refractivity contribution in [3.8, 4) is 0 Å². The third-order valence-corrected chi connectivity index (χ3v) is 4.20. The van der Waals surface area contributed by atoms with Crippen LogP contribution in [0.5, 0.6) is 0 Å². The smallest absolute Gasteiger partial charge is 0.338 e. The van der Waals surface area contributed by atoms with Gasteiger partial charge in [0.05, 0.1) is 5.56 Å². The van der Waals surface area contributed by atoms with Crippen molar-refractivity contribution in [1.29, 1.82) is 0 Å². The summed E-state index contributed by atoms with van der Waals surface area (Å²) in [6.07, 6.45) is 0.992. The van der Waals surface area contributed by atoms with Gasteiger partial charge in [0.2, 0.25) is 11.6 Å². The standard InChI is InChI=1S/C21H19NO5/c1-13(20(25)22-17-11-12-17)27-21(26)16-9-7-15(8-10-16)19(24)18(23)14-5-3-2-4-6-14/h2-10,13,17H,11-12H2,1H3,(H,22,25)/t13-/m0/s1. The molecule has 1 aliphatic carbocycles. The first-order chi connectivity index (χ1) is 13.0. The second-order valence-corrected chi connectivity index (χ2v) is 6.43. The van der Waals surface area contributed by atoms with Crippen LogP contribution >= 0.6 is 0 Å². The Hall–Kier alpha value is -3.28. The molecule has 0 radical (unpaired) electrons. The first-order valence-corrected chi connectivity index (χ1v) is 8.71. The molecule has 6 heteroatoms. The number of benzene rings is 2. The monoisotopic (exact) mass is 365 g/mol. The lowest BCUT2D eigenvalue weighted by molar-refractivity contribution is -0.129. The first-order valence-electron chi connectivity index (χ1n) is 8.71. The summed E-state index contributed by atoms with van der Waals surface area (Å²) in [6.45, 7) is 1.51. The zero-order valence-corrected chi connectivity index (χ0v) is 14.8. The van der Waals surface area contributed by atoms with Gasteiger partial charge in [-0.15, -0.1) is 0 Å². The van der Waals surface area contributed by atoms with Crippen LogP contribution in [-0.4, -0.2) is 35.6 Å². The topological polar surface area (TPSA) is 89.5 Å². The third-order valence-electron chi connectivity index (χ3n) is 4.20. The molecule has 1 saturated carbocycles. The van der Waals surface area contributed by atoms with Crippen LogP contribution in [0.15, 0.2) is 54.6 Å². The van der Waals surface area contributed by atoms with Crippen molar-refractivity contribution in [2.45, 2.75) is 31.9 Å². The predicted molar refractivity (Wildman–Crippen MR) is 97.6 cm³/mol. The molecular formula is C21H19NO5. The highest BCUT2D eigenvalue weighted by molar-refractivity contribution is 6.49. The molecule has 0 bridgehead atoms. The van der Waals surface area contributed by atoms with Crippen LogP contribution < -0.4 is 5.32 Å². The zero-order valence-electron chi connectivity index (χ0n) is 14.8. The number of Topliss-reactive ketones (excluding diaryl/α,β-unsaturated/α-hetero) is 2. The third kappa shape index (κ3) is 4.67. The van der Waals surface area contributed by atoms with Gasteiger partial charge < -0.3 is 10.1 Å². The summed E-state index contributed by atoms with van der Waals surface area (Å²) >= 11 is 0. The molecule has 0 heterocycles. The Balaban J connectivity index is 1.62. The number of amides is 1. The second-order valence-electron chi connectivity index (χ2n) is 6.43. The largest absolute Gasteiger partial charge is 0.449 e. The molecule has 3 rings (SSSR count). The van der Waals surface area contributed by atoms with Crippen molar-refractivity contribution >= 4 is 23.4 Å². The Morgan fingerprint density at radius 3 is 1.93 bits per heavy atom. The summed E-state index contributed by atoms with van der Waals surface area (Å²) in [5, 5.41) is 2.76. The summed E-state index contributed by atoms with van der Waals surface area (Å²) in [5.74, 6) is -2.26. The average Bonchev–Trinajstić information content (AvgIpc) is 3.51.